The number of alkyl halides is 3. The molecule has 0 fully saturated rings. The first-order valence-electron chi connectivity index (χ1n) is 10.7. The summed E-state index contributed by atoms with van der Waals surface area (Å²) in [4.78, 5) is 24.2. The number of aliphatic carboxylic acids is 1. The Morgan fingerprint density at radius 1 is 1.20 bits per heavy atom. The first-order chi connectivity index (χ1) is 16.2. The zero-order valence-electron chi connectivity index (χ0n) is 18.7. The number of aromatic nitrogens is 1. The molecule has 0 radical (unpaired) electrons. The van der Waals surface area contributed by atoms with Gasteiger partial charge in [-0.2, -0.15) is 13.2 Å². The fraction of sp³-hybridized carbons (Fsp3) is 0.333. The van der Waals surface area contributed by atoms with E-state index in [9.17, 15) is 40.7 Å². The number of halogens is 4. The smallest absolute Gasteiger partial charge is 0.416 e. The van der Waals surface area contributed by atoms with Gasteiger partial charge in [-0.15, -0.1) is 0 Å². The summed E-state index contributed by atoms with van der Waals surface area (Å²) < 4.78 is 80.5. The van der Waals surface area contributed by atoms with Gasteiger partial charge in [0.25, 0.3) is 0 Å². The molecular weight excluding hydrogens is 490 g/mol. The molecule has 6 nitrogen and oxygen atoms in total. The quantitative estimate of drug-likeness (QED) is 0.467. The van der Waals surface area contributed by atoms with Crippen molar-refractivity contribution in [1.82, 2.24) is 4.57 Å². The van der Waals surface area contributed by atoms with Crippen LogP contribution in [0.15, 0.2) is 41.3 Å². The molecule has 0 aliphatic heterocycles. The second-order valence-corrected chi connectivity index (χ2v) is 10.7. The molecule has 1 aromatic heterocycles. The van der Waals surface area contributed by atoms with Gasteiger partial charge in [0.15, 0.2) is 15.6 Å². The molecule has 0 amide bonds. The van der Waals surface area contributed by atoms with Crippen LogP contribution in [0.25, 0.3) is 10.9 Å². The van der Waals surface area contributed by atoms with Crippen molar-refractivity contribution in [2.45, 2.75) is 49.2 Å². The molecule has 0 saturated heterocycles. The number of ketones is 1. The lowest BCUT2D eigenvalue weighted by Crippen LogP contribution is -2.22. The highest BCUT2D eigenvalue weighted by Crippen LogP contribution is 2.45. The third kappa shape index (κ3) is 4.44. The molecule has 1 aliphatic rings. The summed E-state index contributed by atoms with van der Waals surface area (Å²) in [6.45, 7) is 1.61. The third-order valence-electron chi connectivity index (χ3n) is 6.38. The molecule has 186 valence electrons. The van der Waals surface area contributed by atoms with Crippen LogP contribution in [-0.4, -0.2) is 36.1 Å². The van der Waals surface area contributed by atoms with Crippen molar-refractivity contribution in [3.8, 4) is 0 Å². The minimum Gasteiger partial charge on any atom is -0.481 e. The standard InChI is InChI=1S/C24H21F4NO5S/c1-12(13-3-6-15(7-4-13)24(26,27)28)29-22-14(9-20(31)32)5-8-18(30)21(22)17-10-16(25)11-19(23(17)29)35(2,33)34/h3-4,6-7,10-12,14H,5,8-9H2,1-2H3,(H,31,32). The highest BCUT2D eigenvalue weighted by atomic mass is 32.2. The van der Waals surface area contributed by atoms with E-state index in [1.807, 2.05) is 0 Å². The van der Waals surface area contributed by atoms with E-state index < -0.39 is 45.3 Å². The van der Waals surface area contributed by atoms with Crippen molar-refractivity contribution in [3.63, 3.8) is 0 Å². The number of carbonyl (C=O) groups is 2. The van der Waals surface area contributed by atoms with Gasteiger partial charge in [0.1, 0.15) is 5.82 Å². The van der Waals surface area contributed by atoms with E-state index in [1.54, 1.807) is 6.92 Å². The van der Waals surface area contributed by atoms with E-state index in [-0.39, 0.29) is 52.1 Å². The van der Waals surface area contributed by atoms with E-state index in [4.69, 9.17) is 0 Å². The highest BCUT2D eigenvalue weighted by Gasteiger charge is 2.37. The van der Waals surface area contributed by atoms with Crippen molar-refractivity contribution in [2.75, 3.05) is 6.26 Å². The van der Waals surface area contributed by atoms with Crippen molar-refractivity contribution in [1.29, 1.82) is 0 Å². The van der Waals surface area contributed by atoms with Gasteiger partial charge in [0, 0.05) is 35.2 Å². The fourth-order valence-corrected chi connectivity index (χ4v) is 5.73. The van der Waals surface area contributed by atoms with Crippen molar-refractivity contribution < 1.29 is 40.7 Å². The summed E-state index contributed by atoms with van der Waals surface area (Å²) in [6, 6.07) is 5.34. The monoisotopic (exact) mass is 511 g/mol. The predicted molar refractivity (Wildman–Crippen MR) is 119 cm³/mol. The number of carbonyl (C=O) groups excluding carboxylic acids is 1. The van der Waals surface area contributed by atoms with Crippen LogP contribution in [0, 0.1) is 5.82 Å². The van der Waals surface area contributed by atoms with Crippen LogP contribution >= 0.6 is 0 Å². The number of nitrogens with zero attached hydrogens (tertiary/aromatic N) is 1. The van der Waals surface area contributed by atoms with E-state index in [0.717, 1.165) is 30.5 Å². The molecule has 2 unspecified atom stereocenters. The largest absolute Gasteiger partial charge is 0.481 e. The van der Waals surface area contributed by atoms with Gasteiger partial charge in [-0.3, -0.25) is 9.59 Å². The number of carboxylic acids is 1. The number of hydrogen-bond donors (Lipinski definition) is 1. The molecule has 2 aromatic carbocycles. The Kier molecular flexibility index (Phi) is 6.03. The van der Waals surface area contributed by atoms with Gasteiger partial charge in [-0.25, -0.2) is 12.8 Å². The second-order valence-electron chi connectivity index (χ2n) is 8.75. The van der Waals surface area contributed by atoms with Crippen LogP contribution in [0.1, 0.15) is 65.3 Å². The molecule has 0 bridgehead atoms. The zero-order chi connectivity index (χ0) is 25.9. The van der Waals surface area contributed by atoms with E-state index in [1.165, 1.54) is 16.7 Å². The number of benzene rings is 2. The Hall–Kier alpha value is -3.21. The number of sulfone groups is 1. The summed E-state index contributed by atoms with van der Waals surface area (Å²) in [5, 5.41) is 9.50. The average molecular weight is 511 g/mol. The van der Waals surface area contributed by atoms with Crippen LogP contribution in [0.5, 0.6) is 0 Å². The van der Waals surface area contributed by atoms with Gasteiger partial charge in [0.05, 0.1) is 28.4 Å². The lowest BCUT2D eigenvalue weighted by molar-refractivity contribution is -0.138. The van der Waals surface area contributed by atoms with Crippen molar-refractivity contribution in [3.05, 3.63) is 64.6 Å². The molecule has 35 heavy (non-hydrogen) atoms. The molecule has 1 aliphatic carbocycles. The number of fused-ring (bicyclic) bond motifs is 3. The van der Waals surface area contributed by atoms with Crippen LogP contribution in [0.2, 0.25) is 0 Å². The molecule has 2 atom stereocenters. The van der Waals surface area contributed by atoms with Gasteiger partial charge < -0.3 is 9.67 Å². The molecule has 0 spiro atoms. The van der Waals surface area contributed by atoms with E-state index in [2.05, 4.69) is 0 Å². The minimum absolute atomic E-state index is 0.00341. The van der Waals surface area contributed by atoms with Crippen molar-refractivity contribution in [2.24, 2.45) is 0 Å². The predicted octanol–water partition coefficient (Wildman–Crippen LogP) is 5.35. The first-order valence-corrected chi connectivity index (χ1v) is 12.6. The Labute approximate surface area is 198 Å². The Bertz CT molecular complexity index is 1460. The number of hydrogen-bond acceptors (Lipinski definition) is 4. The molecule has 4 rings (SSSR count). The maximum absolute atomic E-state index is 14.5. The topological polar surface area (TPSA) is 93.4 Å². The number of rotatable bonds is 5. The number of Topliss-reactive ketones (excluding diaryl/α,β-unsaturated/α-hetero) is 1. The normalized spacial score (nSPS) is 17.4. The summed E-state index contributed by atoms with van der Waals surface area (Å²) in [5.74, 6) is -3.08. The zero-order valence-corrected chi connectivity index (χ0v) is 19.5. The molecule has 3 aromatic rings. The highest BCUT2D eigenvalue weighted by molar-refractivity contribution is 7.91. The second kappa shape index (κ2) is 8.47. The lowest BCUT2D eigenvalue weighted by atomic mass is 9.83. The fourth-order valence-electron chi connectivity index (χ4n) is 4.85. The van der Waals surface area contributed by atoms with Gasteiger partial charge in [0.2, 0.25) is 0 Å². The Balaban J connectivity index is 2.08. The molecular formula is C24H21F4NO5S. The molecule has 0 saturated carbocycles. The third-order valence-corrected chi connectivity index (χ3v) is 7.49. The van der Waals surface area contributed by atoms with Crippen molar-refractivity contribution >= 4 is 32.5 Å². The average Bonchev–Trinajstić information content (AvgIpc) is 3.09. The molecule has 1 heterocycles. The van der Waals surface area contributed by atoms with Gasteiger partial charge >= 0.3 is 12.1 Å². The Morgan fingerprint density at radius 3 is 2.37 bits per heavy atom. The molecule has 11 heteroatoms. The maximum Gasteiger partial charge on any atom is 0.416 e. The summed E-state index contributed by atoms with van der Waals surface area (Å²) in [6.07, 6.45) is -3.83. The van der Waals surface area contributed by atoms with Crippen LogP contribution in [-0.2, 0) is 20.8 Å². The van der Waals surface area contributed by atoms with E-state index in [0.29, 0.717) is 5.56 Å². The molecule has 1 N–H and O–H groups in total. The lowest BCUT2D eigenvalue weighted by Gasteiger charge is -2.27. The van der Waals surface area contributed by atoms with Gasteiger partial charge in [-0.05, 0) is 43.2 Å². The van der Waals surface area contributed by atoms with E-state index >= 15 is 0 Å². The van der Waals surface area contributed by atoms with Crippen LogP contribution < -0.4 is 0 Å². The Morgan fingerprint density at radius 2 is 1.83 bits per heavy atom. The summed E-state index contributed by atoms with van der Waals surface area (Å²) >= 11 is 0. The maximum atomic E-state index is 14.5. The van der Waals surface area contributed by atoms with Crippen LogP contribution in [0.3, 0.4) is 0 Å². The summed E-state index contributed by atoms with van der Waals surface area (Å²) in [7, 11) is -4.01. The number of carboxylic acid groups (broad SMARTS) is 1. The first kappa shape index (κ1) is 24.9. The summed E-state index contributed by atoms with van der Waals surface area (Å²) in [5.41, 5.74) is -0.168. The minimum atomic E-state index is -4.55. The SMILES string of the molecule is CC(c1ccc(C(F)(F)F)cc1)n1c2c(c3cc(F)cc(S(C)(=O)=O)c31)C(=O)CCC2CC(=O)O. The van der Waals surface area contributed by atoms with Gasteiger partial charge in [-0.1, -0.05) is 12.1 Å². The van der Waals surface area contributed by atoms with Crippen LogP contribution in [0.4, 0.5) is 17.6 Å².